The number of carbonyl (C=O) groups excluding carboxylic acids is 1. The molecule has 10 heteroatoms. The molecule has 8 nitrogen and oxygen atoms in total. The number of aromatic nitrogens is 5. The standard InChI is InChI=1S/C18H16N6O2S2/c25-14(20-17-19-11-6-2-4-8-13(11)28-17)9-27-18-23-22-16-21-15(26)10-5-1-3-7-12(10)24(16)18/h2,4,6,8H,1,3,5,7,9H2,(H,19,20,25)(H,21,22,26). The minimum atomic E-state index is -0.154. The zero-order valence-electron chi connectivity index (χ0n) is 14.8. The Morgan fingerprint density at radius 2 is 2.11 bits per heavy atom. The molecule has 0 radical (unpaired) electrons. The van der Waals surface area contributed by atoms with E-state index in [1.165, 1.54) is 23.1 Å². The second-order valence-electron chi connectivity index (χ2n) is 6.55. The zero-order valence-corrected chi connectivity index (χ0v) is 16.4. The molecule has 4 aromatic rings. The molecule has 1 aliphatic carbocycles. The van der Waals surface area contributed by atoms with E-state index in [1.54, 1.807) is 0 Å². The Labute approximate surface area is 167 Å². The topological polar surface area (TPSA) is 105 Å². The molecule has 142 valence electrons. The molecule has 1 amide bonds. The zero-order chi connectivity index (χ0) is 19.1. The highest BCUT2D eigenvalue weighted by atomic mass is 32.2. The van der Waals surface area contributed by atoms with E-state index in [9.17, 15) is 9.59 Å². The van der Waals surface area contributed by atoms with Crippen molar-refractivity contribution in [3.63, 3.8) is 0 Å². The van der Waals surface area contributed by atoms with E-state index < -0.39 is 0 Å². The number of H-pyrrole nitrogens is 1. The van der Waals surface area contributed by atoms with E-state index in [2.05, 4.69) is 25.5 Å². The molecule has 1 aromatic carbocycles. The molecular formula is C18H16N6O2S2. The smallest absolute Gasteiger partial charge is 0.255 e. The first-order chi connectivity index (χ1) is 13.7. The molecule has 0 aliphatic heterocycles. The summed E-state index contributed by atoms with van der Waals surface area (Å²) >= 11 is 2.75. The minimum absolute atomic E-state index is 0.0836. The quantitative estimate of drug-likeness (QED) is 0.499. The van der Waals surface area contributed by atoms with Crippen LogP contribution in [0.2, 0.25) is 0 Å². The van der Waals surface area contributed by atoms with Crippen molar-refractivity contribution >= 4 is 50.1 Å². The van der Waals surface area contributed by atoms with Crippen LogP contribution in [0, 0.1) is 0 Å². The van der Waals surface area contributed by atoms with Crippen LogP contribution in [0.25, 0.3) is 16.0 Å². The summed E-state index contributed by atoms with van der Waals surface area (Å²) in [6, 6.07) is 7.76. The molecule has 3 heterocycles. The van der Waals surface area contributed by atoms with Gasteiger partial charge in [0.2, 0.25) is 11.7 Å². The Balaban J connectivity index is 1.35. The van der Waals surface area contributed by atoms with Crippen LogP contribution < -0.4 is 10.9 Å². The number of fused-ring (bicyclic) bond motifs is 4. The average molecular weight is 413 g/mol. The van der Waals surface area contributed by atoms with Gasteiger partial charge in [-0.15, -0.1) is 10.2 Å². The van der Waals surface area contributed by atoms with E-state index in [1.807, 2.05) is 28.7 Å². The monoisotopic (exact) mass is 412 g/mol. The van der Waals surface area contributed by atoms with Gasteiger partial charge in [-0.1, -0.05) is 35.2 Å². The van der Waals surface area contributed by atoms with Crippen LogP contribution in [0.15, 0.2) is 34.2 Å². The fourth-order valence-electron chi connectivity index (χ4n) is 3.46. The van der Waals surface area contributed by atoms with E-state index in [-0.39, 0.29) is 17.2 Å². The van der Waals surface area contributed by atoms with Crippen LogP contribution >= 0.6 is 23.1 Å². The molecule has 0 saturated carbocycles. The molecule has 2 N–H and O–H groups in total. The number of anilines is 1. The van der Waals surface area contributed by atoms with Crippen molar-refractivity contribution in [3.8, 4) is 0 Å². The van der Waals surface area contributed by atoms with Gasteiger partial charge in [0.1, 0.15) is 0 Å². The lowest BCUT2D eigenvalue weighted by atomic mass is 9.97. The summed E-state index contributed by atoms with van der Waals surface area (Å²) in [5, 5.41) is 12.3. The van der Waals surface area contributed by atoms with Crippen LogP contribution in [-0.2, 0) is 17.6 Å². The van der Waals surface area contributed by atoms with Crippen molar-refractivity contribution in [3.05, 3.63) is 45.9 Å². The summed E-state index contributed by atoms with van der Waals surface area (Å²) in [5.74, 6) is 0.462. The van der Waals surface area contributed by atoms with Crippen molar-refractivity contribution in [2.24, 2.45) is 0 Å². The van der Waals surface area contributed by atoms with Crippen LogP contribution in [-0.4, -0.2) is 36.2 Å². The van der Waals surface area contributed by atoms with Crippen LogP contribution in [0.1, 0.15) is 24.1 Å². The van der Waals surface area contributed by atoms with Gasteiger partial charge < -0.3 is 5.32 Å². The third kappa shape index (κ3) is 3.08. The molecule has 5 rings (SSSR count). The van der Waals surface area contributed by atoms with Crippen molar-refractivity contribution in [1.82, 2.24) is 24.6 Å². The Hall–Kier alpha value is -2.72. The molecule has 1 aliphatic rings. The highest BCUT2D eigenvalue weighted by Gasteiger charge is 2.20. The predicted octanol–water partition coefficient (Wildman–Crippen LogP) is 2.64. The van der Waals surface area contributed by atoms with Gasteiger partial charge in [0.25, 0.3) is 5.56 Å². The highest BCUT2D eigenvalue weighted by Crippen LogP contribution is 2.26. The molecule has 3 aromatic heterocycles. The second kappa shape index (κ2) is 7.02. The molecule has 0 bridgehead atoms. The van der Waals surface area contributed by atoms with E-state index in [0.717, 1.165) is 47.2 Å². The number of aromatic amines is 1. The summed E-state index contributed by atoms with van der Waals surface area (Å²) in [7, 11) is 0. The average Bonchev–Trinajstić information content (AvgIpc) is 3.30. The summed E-state index contributed by atoms with van der Waals surface area (Å²) in [6.07, 6.45) is 3.63. The third-order valence-corrected chi connectivity index (χ3v) is 6.59. The van der Waals surface area contributed by atoms with E-state index in [4.69, 9.17) is 0 Å². The third-order valence-electron chi connectivity index (χ3n) is 4.71. The maximum Gasteiger partial charge on any atom is 0.255 e. The number of nitrogens with one attached hydrogen (secondary N) is 2. The second-order valence-corrected chi connectivity index (χ2v) is 8.52. The lowest BCUT2D eigenvalue weighted by molar-refractivity contribution is -0.113. The van der Waals surface area contributed by atoms with Crippen LogP contribution in [0.4, 0.5) is 5.13 Å². The number of amides is 1. The Bertz CT molecular complexity index is 1230. The number of thiazole rings is 1. The fourth-order valence-corrected chi connectivity index (χ4v) is 5.10. The molecule has 0 fully saturated rings. The van der Waals surface area contributed by atoms with Crippen LogP contribution in [0.5, 0.6) is 0 Å². The van der Waals surface area contributed by atoms with Gasteiger partial charge in [-0.2, -0.15) is 0 Å². The maximum absolute atomic E-state index is 12.4. The Kier molecular flexibility index (Phi) is 4.36. The lowest BCUT2D eigenvalue weighted by Crippen LogP contribution is -2.23. The lowest BCUT2D eigenvalue weighted by Gasteiger charge is -2.16. The summed E-state index contributed by atoms with van der Waals surface area (Å²) in [5.41, 5.74) is 2.55. The summed E-state index contributed by atoms with van der Waals surface area (Å²) in [4.78, 5) is 31.8. The number of thioether (sulfide) groups is 1. The minimum Gasteiger partial charge on any atom is -0.301 e. The molecule has 0 spiro atoms. The normalized spacial score (nSPS) is 13.7. The number of benzene rings is 1. The van der Waals surface area contributed by atoms with Gasteiger partial charge in [-0.3, -0.25) is 19.0 Å². The number of carbonyl (C=O) groups is 1. The molecule has 0 unspecified atom stereocenters. The number of rotatable bonds is 4. The van der Waals surface area contributed by atoms with Gasteiger partial charge in [0.05, 0.1) is 16.0 Å². The predicted molar refractivity (Wildman–Crippen MR) is 109 cm³/mol. The number of aryl methyl sites for hydroxylation is 1. The van der Waals surface area contributed by atoms with Crippen LogP contribution in [0.3, 0.4) is 0 Å². The first-order valence-electron chi connectivity index (χ1n) is 8.96. The molecular weight excluding hydrogens is 396 g/mol. The Morgan fingerprint density at radius 3 is 3.00 bits per heavy atom. The van der Waals surface area contributed by atoms with Crippen molar-refractivity contribution in [2.75, 3.05) is 11.1 Å². The highest BCUT2D eigenvalue weighted by molar-refractivity contribution is 7.99. The van der Waals surface area contributed by atoms with Gasteiger partial charge >= 0.3 is 0 Å². The summed E-state index contributed by atoms with van der Waals surface area (Å²) < 4.78 is 2.91. The maximum atomic E-state index is 12.4. The first kappa shape index (κ1) is 17.4. The van der Waals surface area contributed by atoms with Gasteiger partial charge in [0.15, 0.2) is 10.3 Å². The fraction of sp³-hybridized carbons (Fsp3) is 0.278. The number of para-hydroxylation sites is 1. The van der Waals surface area contributed by atoms with E-state index in [0.29, 0.717) is 16.1 Å². The SMILES string of the molecule is O=C(CSc1nnc2[nH]c(=O)c3c(n12)CCCC3)Nc1nc2ccccc2s1. The number of hydrogen-bond donors (Lipinski definition) is 2. The van der Waals surface area contributed by atoms with Crippen molar-refractivity contribution in [1.29, 1.82) is 0 Å². The largest absolute Gasteiger partial charge is 0.301 e. The molecule has 0 atom stereocenters. The molecule has 0 saturated heterocycles. The van der Waals surface area contributed by atoms with E-state index >= 15 is 0 Å². The number of hydrogen-bond acceptors (Lipinski definition) is 7. The summed E-state index contributed by atoms with van der Waals surface area (Å²) in [6.45, 7) is 0. The first-order valence-corrected chi connectivity index (χ1v) is 10.8. The van der Waals surface area contributed by atoms with Gasteiger partial charge in [0, 0.05) is 11.3 Å². The van der Waals surface area contributed by atoms with Crippen molar-refractivity contribution in [2.45, 2.75) is 30.8 Å². The van der Waals surface area contributed by atoms with Gasteiger partial charge in [-0.25, -0.2) is 4.98 Å². The molecule has 28 heavy (non-hydrogen) atoms. The Morgan fingerprint density at radius 1 is 1.25 bits per heavy atom. The number of nitrogens with zero attached hydrogens (tertiary/aromatic N) is 4. The van der Waals surface area contributed by atoms with Crippen molar-refractivity contribution < 1.29 is 4.79 Å². The van der Waals surface area contributed by atoms with Gasteiger partial charge in [-0.05, 0) is 37.8 Å².